The number of benzene rings is 2. The standard InChI is InChI=1S/C19H22O4/c1-11-5-7-13(9-15(11)17(20)21)19(3,4)14-8-6-12(2)16(10-14)18(22)23/h5-10,17,20-21H,1-4H3,(H,22,23). The van der Waals surface area contributed by atoms with Crippen LogP contribution in [0.2, 0.25) is 0 Å². The van der Waals surface area contributed by atoms with Gasteiger partial charge in [0, 0.05) is 11.0 Å². The van der Waals surface area contributed by atoms with Crippen molar-refractivity contribution < 1.29 is 20.1 Å². The molecule has 0 aromatic heterocycles. The van der Waals surface area contributed by atoms with Gasteiger partial charge in [-0.25, -0.2) is 4.79 Å². The molecule has 2 aromatic rings. The number of hydrogen-bond donors (Lipinski definition) is 3. The maximum absolute atomic E-state index is 11.4. The summed E-state index contributed by atoms with van der Waals surface area (Å²) in [4.78, 5) is 11.4. The third-order valence-corrected chi connectivity index (χ3v) is 4.47. The number of aryl methyl sites for hydroxylation is 2. The van der Waals surface area contributed by atoms with Crippen LogP contribution in [0.15, 0.2) is 36.4 Å². The van der Waals surface area contributed by atoms with Gasteiger partial charge in [0.15, 0.2) is 6.29 Å². The van der Waals surface area contributed by atoms with Gasteiger partial charge in [-0.1, -0.05) is 38.1 Å². The van der Waals surface area contributed by atoms with Crippen LogP contribution in [0, 0.1) is 13.8 Å². The van der Waals surface area contributed by atoms with E-state index in [0.29, 0.717) is 11.1 Å². The molecular formula is C19H22O4. The Balaban J connectivity index is 2.56. The molecule has 0 bridgehead atoms. The largest absolute Gasteiger partial charge is 0.478 e. The van der Waals surface area contributed by atoms with Gasteiger partial charge >= 0.3 is 5.97 Å². The van der Waals surface area contributed by atoms with Crippen LogP contribution in [0.5, 0.6) is 0 Å². The number of carbonyl (C=O) groups is 1. The first-order chi connectivity index (χ1) is 10.6. The highest BCUT2D eigenvalue weighted by molar-refractivity contribution is 5.89. The second kappa shape index (κ2) is 6.14. The Morgan fingerprint density at radius 1 is 0.957 bits per heavy atom. The molecule has 23 heavy (non-hydrogen) atoms. The smallest absolute Gasteiger partial charge is 0.335 e. The van der Waals surface area contributed by atoms with Gasteiger partial charge in [-0.15, -0.1) is 0 Å². The average molecular weight is 314 g/mol. The van der Waals surface area contributed by atoms with Gasteiger partial charge in [-0.05, 0) is 48.2 Å². The lowest BCUT2D eigenvalue weighted by molar-refractivity contribution is -0.0430. The Morgan fingerprint density at radius 3 is 2.00 bits per heavy atom. The highest BCUT2D eigenvalue weighted by Gasteiger charge is 2.26. The van der Waals surface area contributed by atoms with Crippen molar-refractivity contribution in [2.75, 3.05) is 0 Å². The Bertz CT molecular complexity index is 745. The lowest BCUT2D eigenvalue weighted by atomic mass is 9.76. The Kier molecular flexibility index (Phi) is 4.59. The maximum Gasteiger partial charge on any atom is 0.335 e. The minimum absolute atomic E-state index is 0.283. The zero-order valence-corrected chi connectivity index (χ0v) is 13.8. The number of carboxylic acids is 1. The summed E-state index contributed by atoms with van der Waals surface area (Å²) in [5.74, 6) is -0.949. The van der Waals surface area contributed by atoms with Gasteiger partial charge in [0.25, 0.3) is 0 Å². The summed E-state index contributed by atoms with van der Waals surface area (Å²) in [5.41, 5.74) is 3.55. The van der Waals surface area contributed by atoms with E-state index in [9.17, 15) is 20.1 Å². The molecule has 3 N–H and O–H groups in total. The summed E-state index contributed by atoms with van der Waals surface area (Å²) in [7, 11) is 0. The fourth-order valence-corrected chi connectivity index (χ4v) is 2.72. The molecule has 4 heteroatoms. The molecule has 0 heterocycles. The van der Waals surface area contributed by atoms with Gasteiger partial charge in [-0.3, -0.25) is 0 Å². The van der Waals surface area contributed by atoms with Crippen LogP contribution in [0.1, 0.15) is 58.3 Å². The van der Waals surface area contributed by atoms with Crippen molar-refractivity contribution in [3.63, 3.8) is 0 Å². The van der Waals surface area contributed by atoms with E-state index >= 15 is 0 Å². The summed E-state index contributed by atoms with van der Waals surface area (Å²) >= 11 is 0. The summed E-state index contributed by atoms with van der Waals surface area (Å²) in [6.07, 6.45) is -1.53. The summed E-state index contributed by atoms with van der Waals surface area (Å²) in [5, 5.41) is 28.3. The fraction of sp³-hybridized carbons (Fsp3) is 0.316. The van der Waals surface area contributed by atoms with Crippen LogP contribution in [0.3, 0.4) is 0 Å². The molecule has 2 aromatic carbocycles. The second-order valence-corrected chi connectivity index (χ2v) is 6.40. The van der Waals surface area contributed by atoms with E-state index in [1.165, 1.54) is 0 Å². The van der Waals surface area contributed by atoms with Crippen LogP contribution in [0.25, 0.3) is 0 Å². The third kappa shape index (κ3) is 3.28. The quantitative estimate of drug-likeness (QED) is 0.757. The SMILES string of the molecule is Cc1ccc(C(C)(C)c2ccc(C)c(C(O)O)c2)cc1C(=O)O. The Morgan fingerprint density at radius 2 is 1.48 bits per heavy atom. The van der Waals surface area contributed by atoms with Crippen LogP contribution in [-0.2, 0) is 5.41 Å². The molecule has 0 saturated heterocycles. The van der Waals surface area contributed by atoms with Crippen LogP contribution >= 0.6 is 0 Å². The molecule has 0 atom stereocenters. The Hall–Kier alpha value is -2.17. The van der Waals surface area contributed by atoms with Crippen molar-refractivity contribution in [3.8, 4) is 0 Å². The number of aliphatic hydroxyl groups excluding tert-OH is 1. The molecule has 0 amide bonds. The predicted octanol–water partition coefficient (Wildman–Crippen LogP) is 3.31. The third-order valence-electron chi connectivity index (χ3n) is 4.47. The summed E-state index contributed by atoms with van der Waals surface area (Å²) in [6, 6.07) is 10.9. The van der Waals surface area contributed by atoms with Crippen molar-refractivity contribution in [1.82, 2.24) is 0 Å². The van der Waals surface area contributed by atoms with Gasteiger partial charge in [0.2, 0.25) is 0 Å². The van der Waals surface area contributed by atoms with Crippen LogP contribution < -0.4 is 0 Å². The maximum atomic E-state index is 11.4. The molecule has 0 fully saturated rings. The molecule has 122 valence electrons. The first-order valence-corrected chi connectivity index (χ1v) is 7.46. The second-order valence-electron chi connectivity index (χ2n) is 6.40. The van der Waals surface area contributed by atoms with Gasteiger partial charge in [-0.2, -0.15) is 0 Å². The van der Waals surface area contributed by atoms with Crippen molar-refractivity contribution in [1.29, 1.82) is 0 Å². The first kappa shape index (κ1) is 17.2. The van der Waals surface area contributed by atoms with Gasteiger partial charge < -0.3 is 15.3 Å². The predicted molar refractivity (Wildman–Crippen MR) is 88.6 cm³/mol. The normalized spacial score (nSPS) is 11.8. The van der Waals surface area contributed by atoms with Crippen molar-refractivity contribution in [2.45, 2.75) is 39.4 Å². The Labute approximate surface area is 136 Å². The van der Waals surface area contributed by atoms with E-state index in [2.05, 4.69) is 0 Å². The highest BCUT2D eigenvalue weighted by atomic mass is 16.5. The molecule has 4 nitrogen and oxygen atoms in total. The van der Waals surface area contributed by atoms with E-state index in [1.54, 1.807) is 25.1 Å². The zero-order valence-electron chi connectivity index (χ0n) is 13.8. The van der Waals surface area contributed by atoms with Crippen molar-refractivity contribution in [3.05, 3.63) is 69.8 Å². The summed E-state index contributed by atoms with van der Waals surface area (Å²) < 4.78 is 0. The van der Waals surface area contributed by atoms with Crippen LogP contribution in [0.4, 0.5) is 0 Å². The number of aromatic carboxylic acids is 1. The first-order valence-electron chi connectivity index (χ1n) is 7.46. The minimum atomic E-state index is -1.53. The van der Waals surface area contributed by atoms with Crippen molar-refractivity contribution in [2.24, 2.45) is 0 Å². The van der Waals surface area contributed by atoms with E-state index in [1.807, 2.05) is 39.0 Å². The lowest BCUT2D eigenvalue weighted by Gasteiger charge is -2.28. The monoisotopic (exact) mass is 314 g/mol. The summed E-state index contributed by atoms with van der Waals surface area (Å²) in [6.45, 7) is 7.56. The highest BCUT2D eigenvalue weighted by Crippen LogP contribution is 2.34. The van der Waals surface area contributed by atoms with Crippen molar-refractivity contribution >= 4 is 5.97 Å². The van der Waals surface area contributed by atoms with E-state index in [0.717, 1.165) is 16.7 Å². The fourth-order valence-electron chi connectivity index (χ4n) is 2.72. The number of rotatable bonds is 4. The lowest BCUT2D eigenvalue weighted by Crippen LogP contribution is -2.20. The topological polar surface area (TPSA) is 77.8 Å². The molecule has 0 aliphatic heterocycles. The van der Waals surface area contributed by atoms with Crippen LogP contribution in [-0.4, -0.2) is 21.3 Å². The minimum Gasteiger partial charge on any atom is -0.478 e. The van der Waals surface area contributed by atoms with Gasteiger partial charge in [0.05, 0.1) is 5.56 Å². The number of carboxylic acid groups (broad SMARTS) is 1. The number of hydrogen-bond acceptors (Lipinski definition) is 3. The zero-order chi connectivity index (χ0) is 17.4. The van der Waals surface area contributed by atoms with Gasteiger partial charge in [0.1, 0.15) is 0 Å². The molecule has 0 unspecified atom stereocenters. The average Bonchev–Trinajstić information content (AvgIpc) is 2.47. The van der Waals surface area contributed by atoms with E-state index in [4.69, 9.17) is 0 Å². The molecular weight excluding hydrogens is 292 g/mol. The molecule has 0 aliphatic rings. The van der Waals surface area contributed by atoms with E-state index < -0.39 is 17.7 Å². The molecule has 0 saturated carbocycles. The number of aliphatic hydroxyl groups is 2. The molecule has 0 aliphatic carbocycles. The van der Waals surface area contributed by atoms with E-state index in [-0.39, 0.29) is 5.56 Å². The molecule has 0 spiro atoms. The molecule has 0 radical (unpaired) electrons. The molecule has 2 rings (SSSR count).